The number of hydrogen-bond donors (Lipinski definition) is 0. The first kappa shape index (κ1) is 19.1. The van der Waals surface area contributed by atoms with Crippen molar-refractivity contribution < 1.29 is 9.53 Å². The fourth-order valence-corrected chi connectivity index (χ4v) is 9.41. The van der Waals surface area contributed by atoms with Crippen molar-refractivity contribution >= 4 is 48.1 Å². The summed E-state index contributed by atoms with van der Waals surface area (Å²) < 4.78 is 5.20. The van der Waals surface area contributed by atoms with Gasteiger partial charge in [-0.1, -0.05) is 0 Å². The molecule has 0 saturated carbocycles. The van der Waals surface area contributed by atoms with E-state index in [0.29, 0.717) is 13.0 Å². The van der Waals surface area contributed by atoms with Crippen molar-refractivity contribution in [3.8, 4) is 0 Å². The van der Waals surface area contributed by atoms with Gasteiger partial charge in [-0.25, -0.2) is 0 Å². The number of carbonyl (C=O) groups excluding carboxylic acids is 1. The maximum atomic E-state index is 12.1. The molecule has 0 spiro atoms. The summed E-state index contributed by atoms with van der Waals surface area (Å²) in [5, 5.41) is 2.23. The number of hydrogen-bond acceptors (Lipinski definition) is 2. The number of benzene rings is 3. The third-order valence-corrected chi connectivity index (χ3v) is 13.0. The van der Waals surface area contributed by atoms with E-state index in [1.807, 2.05) is 13.0 Å². The fraction of sp³-hybridized carbons (Fsp3) is 0.227. The van der Waals surface area contributed by atoms with Gasteiger partial charge in [-0.15, -0.1) is 0 Å². The molecule has 0 aromatic heterocycles. The number of halogens is 1. The summed E-state index contributed by atoms with van der Waals surface area (Å²) >= 11 is 4.23. The van der Waals surface area contributed by atoms with Gasteiger partial charge in [0.15, 0.2) is 0 Å². The number of ether oxygens (including phenoxy) is 1. The van der Waals surface area contributed by atoms with Gasteiger partial charge in [0.25, 0.3) is 0 Å². The third kappa shape index (κ3) is 3.56. The number of carbonyl (C=O) groups is 1. The van der Waals surface area contributed by atoms with Gasteiger partial charge in [0, 0.05) is 0 Å². The Labute approximate surface area is 163 Å². The van der Waals surface area contributed by atoms with Crippen LogP contribution in [0.15, 0.2) is 72.8 Å². The molecule has 0 N–H and O–H groups in total. The average Bonchev–Trinajstić information content (AvgIpc) is 2.67. The second-order valence-electron chi connectivity index (χ2n) is 6.76. The van der Waals surface area contributed by atoms with E-state index in [2.05, 4.69) is 88.9 Å². The van der Waals surface area contributed by atoms with E-state index in [0.717, 1.165) is 6.16 Å². The molecular weight excluding hydrogens is 407 g/mol. The molecule has 0 aliphatic rings. The van der Waals surface area contributed by atoms with Crippen LogP contribution in [-0.2, 0) is 9.53 Å². The predicted molar refractivity (Wildman–Crippen MR) is 118 cm³/mol. The summed E-state index contributed by atoms with van der Waals surface area (Å²) in [6, 6.07) is 25.4. The van der Waals surface area contributed by atoms with Crippen LogP contribution in [0.3, 0.4) is 0 Å². The molecule has 0 aliphatic heterocycles. The van der Waals surface area contributed by atoms with Crippen molar-refractivity contribution in [3.63, 3.8) is 0 Å². The quantitative estimate of drug-likeness (QED) is 0.394. The Morgan fingerprint density at radius 3 is 2.35 bits per heavy atom. The second-order valence-corrected chi connectivity index (χ2v) is 17.3. The maximum absolute atomic E-state index is 12.1. The summed E-state index contributed by atoms with van der Waals surface area (Å²) in [7, 11) is 0. The van der Waals surface area contributed by atoms with Crippen molar-refractivity contribution in [1.82, 2.24) is 0 Å². The summed E-state index contributed by atoms with van der Waals surface area (Å²) in [6.45, 7) is 4.56. The van der Waals surface area contributed by atoms with E-state index >= 15 is 0 Å². The molecule has 3 aromatic rings. The van der Waals surface area contributed by atoms with Gasteiger partial charge < -0.3 is 0 Å². The van der Waals surface area contributed by atoms with Crippen LogP contribution in [0.5, 0.6) is 0 Å². The van der Waals surface area contributed by atoms with Crippen LogP contribution in [0.4, 0.5) is 0 Å². The van der Waals surface area contributed by atoms with Crippen LogP contribution in [0.1, 0.15) is 13.3 Å². The molecule has 0 radical (unpaired) electrons. The molecule has 0 fully saturated rings. The van der Waals surface area contributed by atoms with Gasteiger partial charge in [0.1, 0.15) is 0 Å². The Balaban J connectivity index is 2.19. The van der Waals surface area contributed by atoms with Crippen molar-refractivity contribution in [2.24, 2.45) is 0 Å². The van der Waals surface area contributed by atoms with E-state index in [1.54, 1.807) is 0 Å². The molecule has 3 aromatic carbocycles. The summed E-state index contributed by atoms with van der Waals surface area (Å²) in [5.41, 5.74) is 0. The number of fused-ring (bicyclic) bond motifs is 1. The topological polar surface area (TPSA) is 26.3 Å². The van der Waals surface area contributed by atoms with Crippen LogP contribution in [-0.4, -0.2) is 25.4 Å². The minimum absolute atomic E-state index is 0.140. The number of rotatable bonds is 6. The molecule has 2 nitrogen and oxygen atoms in total. The van der Waals surface area contributed by atoms with E-state index in [-0.39, 0.29) is 5.97 Å². The van der Waals surface area contributed by atoms with Gasteiger partial charge in [0.2, 0.25) is 0 Å². The first-order valence-corrected chi connectivity index (χ1v) is 13.8. The van der Waals surface area contributed by atoms with Crippen LogP contribution in [0.2, 0.25) is 0 Å². The Morgan fingerprint density at radius 2 is 1.62 bits per heavy atom. The molecule has 136 valence electrons. The molecule has 26 heavy (non-hydrogen) atoms. The normalized spacial score (nSPS) is 13.1. The van der Waals surface area contributed by atoms with Crippen molar-refractivity contribution in [2.45, 2.75) is 13.3 Å². The van der Waals surface area contributed by atoms with Gasteiger partial charge in [-0.2, -0.15) is 0 Å². The molecule has 0 atom stereocenters. The van der Waals surface area contributed by atoms with Crippen molar-refractivity contribution in [3.05, 3.63) is 72.8 Å². The Bertz CT molecular complexity index is 916. The third-order valence-electron chi connectivity index (χ3n) is 4.97. The Hall–Kier alpha value is -1.70. The molecule has 0 heterocycles. The summed E-state index contributed by atoms with van der Waals surface area (Å²) in [5.74, 6) is -0.140. The average molecular weight is 431 g/mol. The molecule has 0 bridgehead atoms. The fourth-order valence-electron chi connectivity index (χ4n) is 3.50. The summed E-state index contributed by atoms with van der Waals surface area (Å²) in [6.07, 6.45) is 1.12. The Morgan fingerprint density at radius 1 is 0.962 bits per heavy atom. The second kappa shape index (κ2) is 7.50. The zero-order valence-corrected chi connectivity index (χ0v) is 17.7. The van der Waals surface area contributed by atoms with Gasteiger partial charge in [0.05, 0.1) is 0 Å². The van der Waals surface area contributed by atoms with Crippen LogP contribution in [0, 0.1) is 0 Å². The first-order valence-electron chi connectivity index (χ1n) is 8.87. The van der Waals surface area contributed by atoms with Gasteiger partial charge >= 0.3 is 163 Å². The van der Waals surface area contributed by atoms with Crippen LogP contribution in [0.25, 0.3) is 10.8 Å². The zero-order chi connectivity index (χ0) is 18.6. The van der Waals surface area contributed by atoms with Gasteiger partial charge in [-0.05, 0) is 0 Å². The predicted octanol–water partition coefficient (Wildman–Crippen LogP) is 5.24. The zero-order valence-electron chi connectivity index (χ0n) is 15.2. The molecule has 3 rings (SSSR count). The monoisotopic (exact) mass is 430 g/mol. The van der Waals surface area contributed by atoms with E-state index in [1.165, 1.54) is 21.4 Å². The standard InChI is InChI=1S/C22H24BrO2P/c1-3-25-22(24)16-17-26(2,23,19-12-5-4-6-13-19)21-15-9-11-18-10-7-8-14-20(18)21/h4-15H,3,16-17H2,1-2H3. The number of esters is 1. The van der Waals surface area contributed by atoms with Crippen LogP contribution >= 0.6 is 20.8 Å². The van der Waals surface area contributed by atoms with E-state index in [4.69, 9.17) is 4.74 Å². The van der Waals surface area contributed by atoms with E-state index in [9.17, 15) is 4.79 Å². The van der Waals surface area contributed by atoms with E-state index < -0.39 is 5.31 Å². The SMILES string of the molecule is CCOC(=O)CCP(C)(Br)(c1ccccc1)c1cccc2ccccc12. The molecule has 4 heteroatoms. The molecule has 0 amide bonds. The summed E-state index contributed by atoms with van der Waals surface area (Å²) in [4.78, 5) is 12.1. The molecule has 0 unspecified atom stereocenters. The Kier molecular flexibility index (Phi) is 5.50. The van der Waals surface area contributed by atoms with Crippen molar-refractivity contribution in [2.75, 3.05) is 19.4 Å². The van der Waals surface area contributed by atoms with Crippen LogP contribution < -0.4 is 10.6 Å². The molecule has 0 aliphatic carbocycles. The van der Waals surface area contributed by atoms with Crippen molar-refractivity contribution in [1.29, 1.82) is 0 Å². The van der Waals surface area contributed by atoms with Gasteiger partial charge in [-0.3, -0.25) is 0 Å². The molecular formula is C22H24BrO2P. The first-order chi connectivity index (χ1) is 12.4. The molecule has 0 saturated heterocycles. The minimum atomic E-state index is -2.75.